The number of hydrogen-bond donors (Lipinski definition) is 1. The first-order valence-corrected chi connectivity index (χ1v) is 5.03. The van der Waals surface area contributed by atoms with Crippen LogP contribution in [0, 0.1) is 6.92 Å². The number of benzene rings is 1. The molecule has 0 aliphatic rings. The van der Waals surface area contributed by atoms with Crippen LogP contribution in [0.1, 0.15) is 11.3 Å². The van der Waals surface area contributed by atoms with Crippen molar-refractivity contribution in [2.24, 2.45) is 7.05 Å². The molecule has 0 radical (unpaired) electrons. The van der Waals surface area contributed by atoms with Crippen LogP contribution in [-0.4, -0.2) is 15.6 Å². The summed E-state index contributed by atoms with van der Waals surface area (Å²) in [7, 11) is 1.64. The van der Waals surface area contributed by atoms with Gasteiger partial charge in [0.05, 0.1) is 5.56 Å². The van der Waals surface area contributed by atoms with Gasteiger partial charge in [-0.3, -0.25) is 0 Å². The van der Waals surface area contributed by atoms with Crippen molar-refractivity contribution in [1.82, 2.24) is 4.57 Å². The van der Waals surface area contributed by atoms with E-state index in [4.69, 9.17) is 5.11 Å². The molecule has 0 atom stereocenters. The van der Waals surface area contributed by atoms with E-state index in [1.807, 2.05) is 0 Å². The summed E-state index contributed by atoms with van der Waals surface area (Å²) in [6.07, 6.45) is 0. The van der Waals surface area contributed by atoms with Crippen molar-refractivity contribution in [2.45, 2.75) is 12.8 Å². The van der Waals surface area contributed by atoms with Crippen molar-refractivity contribution in [3.63, 3.8) is 0 Å². The number of rotatable bonds is 2. The molecular formula is C12H11F2NO2. The smallest absolute Gasteiger partial charge is 0.379 e. The Kier molecular flexibility index (Phi) is 2.41. The van der Waals surface area contributed by atoms with Crippen molar-refractivity contribution in [3.8, 4) is 0 Å². The maximum atomic E-state index is 13.7. The molecule has 0 fully saturated rings. The first-order chi connectivity index (χ1) is 7.87. The fourth-order valence-corrected chi connectivity index (χ4v) is 2.02. The molecule has 1 aromatic carbocycles. The van der Waals surface area contributed by atoms with Gasteiger partial charge in [-0.15, -0.1) is 0 Å². The highest BCUT2D eigenvalue weighted by molar-refractivity contribution is 5.91. The summed E-state index contributed by atoms with van der Waals surface area (Å²) in [5, 5.41) is 8.91. The Morgan fingerprint density at radius 3 is 2.53 bits per heavy atom. The Morgan fingerprint density at radius 1 is 1.35 bits per heavy atom. The molecule has 0 aliphatic carbocycles. The van der Waals surface area contributed by atoms with E-state index in [9.17, 15) is 13.6 Å². The number of halogens is 2. The minimum atomic E-state index is -3.87. The lowest BCUT2D eigenvalue weighted by Gasteiger charge is -2.11. The summed E-state index contributed by atoms with van der Waals surface area (Å²) in [5.41, 5.74) is 0.433. The number of carboxylic acids is 1. The molecule has 0 aliphatic heterocycles. The predicted molar refractivity (Wildman–Crippen MR) is 59.2 cm³/mol. The first-order valence-electron chi connectivity index (χ1n) is 5.03. The number of carboxylic acid groups (broad SMARTS) is 1. The number of alkyl halides is 2. The lowest BCUT2D eigenvalue weighted by Crippen LogP contribution is -2.26. The number of fused-ring (bicyclic) bond motifs is 1. The molecule has 1 aromatic heterocycles. The second-order valence-corrected chi connectivity index (χ2v) is 3.92. The second kappa shape index (κ2) is 3.55. The normalized spacial score (nSPS) is 12.0. The summed E-state index contributed by atoms with van der Waals surface area (Å²) >= 11 is 0. The van der Waals surface area contributed by atoms with Gasteiger partial charge in [0.25, 0.3) is 0 Å². The molecule has 17 heavy (non-hydrogen) atoms. The van der Waals surface area contributed by atoms with Gasteiger partial charge < -0.3 is 9.67 Å². The molecule has 0 saturated carbocycles. The molecule has 5 heteroatoms. The van der Waals surface area contributed by atoms with Gasteiger partial charge in [0.15, 0.2) is 0 Å². The van der Waals surface area contributed by atoms with E-state index in [-0.39, 0.29) is 11.1 Å². The fourth-order valence-electron chi connectivity index (χ4n) is 2.02. The molecule has 0 bridgehead atoms. The number of aryl methyl sites for hydroxylation is 1. The van der Waals surface area contributed by atoms with Crippen LogP contribution in [0.5, 0.6) is 0 Å². The highest BCUT2D eigenvalue weighted by Crippen LogP contribution is 2.37. The van der Waals surface area contributed by atoms with E-state index in [1.165, 1.54) is 13.0 Å². The van der Waals surface area contributed by atoms with Gasteiger partial charge in [-0.05, 0) is 13.0 Å². The second-order valence-electron chi connectivity index (χ2n) is 3.92. The van der Waals surface area contributed by atoms with E-state index in [2.05, 4.69) is 0 Å². The summed E-state index contributed by atoms with van der Waals surface area (Å²) in [5.74, 6) is -6.00. The summed E-state index contributed by atoms with van der Waals surface area (Å²) < 4.78 is 28.9. The minimum absolute atomic E-state index is 0.263. The number of nitrogens with zero attached hydrogens (tertiary/aromatic N) is 1. The first kappa shape index (κ1) is 11.6. The molecule has 0 saturated heterocycles. The lowest BCUT2D eigenvalue weighted by molar-refractivity contribution is -0.166. The molecule has 1 heterocycles. The Bertz CT molecular complexity index is 602. The number of aromatic nitrogens is 1. The minimum Gasteiger partial charge on any atom is -0.477 e. The molecule has 90 valence electrons. The maximum Gasteiger partial charge on any atom is 0.379 e. The van der Waals surface area contributed by atoms with E-state index >= 15 is 0 Å². The quantitative estimate of drug-likeness (QED) is 0.875. The summed E-state index contributed by atoms with van der Waals surface area (Å²) in [6.45, 7) is 1.49. The number of hydrogen-bond acceptors (Lipinski definition) is 1. The Balaban J connectivity index is 2.87. The van der Waals surface area contributed by atoms with Crippen LogP contribution in [0.15, 0.2) is 24.3 Å². The summed E-state index contributed by atoms with van der Waals surface area (Å²) in [4.78, 5) is 10.7. The fraction of sp³-hybridized carbons (Fsp3) is 0.250. The third kappa shape index (κ3) is 1.50. The van der Waals surface area contributed by atoms with Crippen molar-refractivity contribution in [2.75, 3.05) is 0 Å². The largest absolute Gasteiger partial charge is 0.477 e. The number of para-hydroxylation sites is 1. The van der Waals surface area contributed by atoms with Crippen molar-refractivity contribution in [1.29, 1.82) is 0 Å². The van der Waals surface area contributed by atoms with Crippen LogP contribution in [0.2, 0.25) is 0 Å². The van der Waals surface area contributed by atoms with Gasteiger partial charge in [0, 0.05) is 23.6 Å². The molecule has 0 unspecified atom stereocenters. The summed E-state index contributed by atoms with van der Waals surface area (Å²) in [6, 6.07) is 6.53. The topological polar surface area (TPSA) is 42.2 Å². The van der Waals surface area contributed by atoms with E-state index in [0.29, 0.717) is 5.52 Å². The van der Waals surface area contributed by atoms with Gasteiger partial charge in [0.1, 0.15) is 0 Å². The van der Waals surface area contributed by atoms with Crippen LogP contribution in [0.4, 0.5) is 8.78 Å². The van der Waals surface area contributed by atoms with Gasteiger partial charge in [0.2, 0.25) is 0 Å². The van der Waals surface area contributed by atoms with Crippen molar-refractivity contribution >= 4 is 16.9 Å². The van der Waals surface area contributed by atoms with Crippen LogP contribution in [0.3, 0.4) is 0 Å². The van der Waals surface area contributed by atoms with Crippen LogP contribution in [0.25, 0.3) is 10.9 Å². The molecule has 1 N–H and O–H groups in total. The highest BCUT2D eigenvalue weighted by atomic mass is 19.3. The van der Waals surface area contributed by atoms with E-state index < -0.39 is 17.5 Å². The Morgan fingerprint density at radius 2 is 1.94 bits per heavy atom. The maximum absolute atomic E-state index is 13.7. The Labute approximate surface area is 96.3 Å². The van der Waals surface area contributed by atoms with Gasteiger partial charge in [-0.1, -0.05) is 18.2 Å². The standard InChI is InChI=1S/C12H11F2NO2/c1-7-10(12(13,14)11(16)17)8-5-3-4-6-9(8)15(7)2/h3-6H,1-2H3,(H,16,17). The average molecular weight is 239 g/mol. The molecule has 2 rings (SSSR count). The molecule has 0 spiro atoms. The van der Waals surface area contributed by atoms with E-state index in [0.717, 1.165) is 0 Å². The lowest BCUT2D eigenvalue weighted by atomic mass is 10.0. The molecular weight excluding hydrogens is 228 g/mol. The monoisotopic (exact) mass is 239 g/mol. The zero-order valence-electron chi connectivity index (χ0n) is 9.37. The van der Waals surface area contributed by atoms with Gasteiger partial charge in [-0.2, -0.15) is 8.78 Å². The number of carbonyl (C=O) groups is 1. The average Bonchev–Trinajstić information content (AvgIpc) is 2.52. The Hall–Kier alpha value is -1.91. The third-order valence-electron chi connectivity index (χ3n) is 2.98. The van der Waals surface area contributed by atoms with Crippen LogP contribution < -0.4 is 0 Å². The van der Waals surface area contributed by atoms with Crippen LogP contribution >= 0.6 is 0 Å². The number of aliphatic carboxylic acids is 1. The van der Waals surface area contributed by atoms with E-state index in [1.54, 1.807) is 29.8 Å². The van der Waals surface area contributed by atoms with Crippen molar-refractivity contribution in [3.05, 3.63) is 35.5 Å². The van der Waals surface area contributed by atoms with Gasteiger partial charge >= 0.3 is 11.9 Å². The molecule has 0 amide bonds. The van der Waals surface area contributed by atoms with Crippen molar-refractivity contribution < 1.29 is 18.7 Å². The predicted octanol–water partition coefficient (Wildman–Crippen LogP) is 2.66. The highest BCUT2D eigenvalue weighted by Gasteiger charge is 2.44. The van der Waals surface area contributed by atoms with Gasteiger partial charge in [-0.25, -0.2) is 4.79 Å². The third-order valence-corrected chi connectivity index (χ3v) is 2.98. The SMILES string of the molecule is Cc1c(C(F)(F)C(=O)O)c2ccccc2n1C. The zero-order valence-corrected chi connectivity index (χ0v) is 9.37. The van der Waals surface area contributed by atoms with Crippen LogP contribution in [-0.2, 0) is 17.8 Å². The zero-order chi connectivity index (χ0) is 12.8. The molecule has 3 nitrogen and oxygen atoms in total. The molecule has 2 aromatic rings.